The maximum absolute atomic E-state index is 10.9. The van der Waals surface area contributed by atoms with Gasteiger partial charge in [-0.05, 0) is 18.6 Å². The van der Waals surface area contributed by atoms with Crippen LogP contribution >= 0.6 is 0 Å². The number of nitrogens with zero attached hydrogens (tertiary/aromatic N) is 4. The zero-order chi connectivity index (χ0) is 15.4. The molecule has 0 aliphatic rings. The molecule has 0 radical (unpaired) electrons. The summed E-state index contributed by atoms with van der Waals surface area (Å²) in [7, 11) is 3.45. The van der Waals surface area contributed by atoms with Crippen molar-refractivity contribution in [2.75, 3.05) is 12.4 Å². The van der Waals surface area contributed by atoms with Gasteiger partial charge in [-0.1, -0.05) is 6.92 Å². The molecule has 0 fully saturated rings. The number of anilines is 1. The Labute approximate surface area is 122 Å². The Hall–Kier alpha value is -2.64. The molecule has 0 bridgehead atoms. The number of aryl methyl sites for hydroxylation is 2. The first-order valence-corrected chi connectivity index (χ1v) is 6.53. The van der Waals surface area contributed by atoms with E-state index in [1.54, 1.807) is 17.9 Å². The third-order valence-electron chi connectivity index (χ3n) is 3.06. The van der Waals surface area contributed by atoms with Crippen molar-refractivity contribution in [1.82, 2.24) is 20.0 Å². The summed E-state index contributed by atoms with van der Waals surface area (Å²) in [5.74, 6) is 0.658. The van der Waals surface area contributed by atoms with Crippen LogP contribution in [0.25, 0.3) is 0 Å². The van der Waals surface area contributed by atoms with Gasteiger partial charge < -0.3 is 15.8 Å². The van der Waals surface area contributed by atoms with Gasteiger partial charge in [-0.25, -0.2) is 4.68 Å². The lowest BCUT2D eigenvalue weighted by Gasteiger charge is -2.07. The number of rotatable bonds is 6. The quantitative estimate of drug-likeness (QED) is 0.801. The molecule has 112 valence electrons. The summed E-state index contributed by atoms with van der Waals surface area (Å²) in [6, 6.07) is 3.18. The fraction of sp³-hybridized carbons (Fsp3) is 0.385. The van der Waals surface area contributed by atoms with Crippen LogP contribution in [0.15, 0.2) is 12.1 Å². The smallest absolute Gasteiger partial charge is 0.269 e. The molecule has 8 nitrogen and oxygen atoms in total. The summed E-state index contributed by atoms with van der Waals surface area (Å²) < 4.78 is 7.07. The van der Waals surface area contributed by atoms with Crippen LogP contribution in [0.2, 0.25) is 0 Å². The zero-order valence-corrected chi connectivity index (χ0v) is 12.3. The molecule has 0 aromatic carbocycles. The van der Waals surface area contributed by atoms with Crippen molar-refractivity contribution in [3.05, 3.63) is 29.1 Å². The van der Waals surface area contributed by atoms with Crippen LogP contribution in [-0.4, -0.2) is 33.0 Å². The van der Waals surface area contributed by atoms with Crippen LogP contribution < -0.4 is 15.8 Å². The minimum atomic E-state index is -0.601. The van der Waals surface area contributed by atoms with Crippen LogP contribution in [0.4, 0.5) is 5.82 Å². The number of nitrogens with one attached hydrogen (secondary N) is 1. The Morgan fingerprint density at radius 3 is 2.71 bits per heavy atom. The van der Waals surface area contributed by atoms with Gasteiger partial charge in [0.2, 0.25) is 5.88 Å². The zero-order valence-electron chi connectivity index (χ0n) is 12.3. The number of hydrogen-bond acceptors (Lipinski definition) is 6. The summed E-state index contributed by atoms with van der Waals surface area (Å²) in [6.45, 7) is 2.54. The molecule has 0 saturated carbocycles. The monoisotopic (exact) mass is 290 g/mol. The molecule has 21 heavy (non-hydrogen) atoms. The fourth-order valence-electron chi connectivity index (χ4n) is 2.06. The van der Waals surface area contributed by atoms with E-state index in [1.807, 2.05) is 14.0 Å². The minimum absolute atomic E-state index is 0.133. The lowest BCUT2D eigenvalue weighted by atomic mass is 10.2. The molecule has 0 aliphatic carbocycles. The number of methoxy groups -OCH3 is 1. The molecular weight excluding hydrogens is 272 g/mol. The van der Waals surface area contributed by atoms with Crippen molar-refractivity contribution in [2.24, 2.45) is 12.8 Å². The molecule has 0 unspecified atom stereocenters. The molecule has 2 heterocycles. The molecule has 3 N–H and O–H groups in total. The largest absolute Gasteiger partial charge is 0.481 e. The van der Waals surface area contributed by atoms with Crippen molar-refractivity contribution in [3.63, 3.8) is 0 Å². The van der Waals surface area contributed by atoms with Crippen LogP contribution in [0.3, 0.4) is 0 Å². The second-order valence-electron chi connectivity index (χ2n) is 4.43. The number of aromatic nitrogens is 4. The molecule has 2 aromatic rings. The standard InChI is InChI=1S/C13H18N6O2/c1-4-9-8(13(21-3)19(2)18-9)7-15-11-6-5-10(12(14)20)16-17-11/h5-6H,4,7H2,1-3H3,(H2,14,20)(H,15,17). The number of carbonyl (C=O) groups is 1. The van der Waals surface area contributed by atoms with Crippen LogP contribution in [0.5, 0.6) is 5.88 Å². The van der Waals surface area contributed by atoms with Crippen molar-refractivity contribution in [1.29, 1.82) is 0 Å². The van der Waals surface area contributed by atoms with Gasteiger partial charge in [-0.15, -0.1) is 10.2 Å². The Balaban J connectivity index is 2.14. The van der Waals surface area contributed by atoms with Gasteiger partial charge in [0.05, 0.1) is 18.4 Å². The Morgan fingerprint density at radius 2 is 2.19 bits per heavy atom. The predicted octanol–water partition coefficient (Wildman–Crippen LogP) is 0.492. The van der Waals surface area contributed by atoms with E-state index in [0.29, 0.717) is 18.2 Å². The average Bonchev–Trinajstić information content (AvgIpc) is 2.80. The summed E-state index contributed by atoms with van der Waals surface area (Å²) in [5.41, 5.74) is 7.19. The Kier molecular flexibility index (Phi) is 4.36. The lowest BCUT2D eigenvalue weighted by Crippen LogP contribution is -2.14. The Bertz CT molecular complexity index is 635. The van der Waals surface area contributed by atoms with Gasteiger partial charge >= 0.3 is 0 Å². The Morgan fingerprint density at radius 1 is 1.43 bits per heavy atom. The van der Waals surface area contributed by atoms with Gasteiger partial charge in [0.15, 0.2) is 5.69 Å². The minimum Gasteiger partial charge on any atom is -0.481 e. The number of primary amides is 1. The van der Waals surface area contributed by atoms with Crippen molar-refractivity contribution in [3.8, 4) is 5.88 Å². The molecule has 2 aromatic heterocycles. The van der Waals surface area contributed by atoms with Crippen LogP contribution in [0.1, 0.15) is 28.7 Å². The highest BCUT2D eigenvalue weighted by Gasteiger charge is 2.15. The first-order chi connectivity index (χ1) is 10.1. The normalized spacial score (nSPS) is 10.4. The van der Waals surface area contributed by atoms with Crippen molar-refractivity contribution in [2.45, 2.75) is 19.9 Å². The first-order valence-electron chi connectivity index (χ1n) is 6.53. The number of amides is 1. The topological polar surface area (TPSA) is 108 Å². The van der Waals surface area contributed by atoms with Crippen molar-refractivity contribution < 1.29 is 9.53 Å². The van der Waals surface area contributed by atoms with E-state index in [-0.39, 0.29) is 5.69 Å². The van der Waals surface area contributed by atoms with E-state index in [0.717, 1.165) is 17.7 Å². The van der Waals surface area contributed by atoms with Crippen molar-refractivity contribution >= 4 is 11.7 Å². The van der Waals surface area contributed by atoms with E-state index < -0.39 is 5.91 Å². The molecule has 1 amide bonds. The van der Waals surface area contributed by atoms with Crippen LogP contribution in [0, 0.1) is 0 Å². The molecular formula is C13H18N6O2. The van der Waals surface area contributed by atoms with Gasteiger partial charge in [-0.2, -0.15) is 5.10 Å². The summed E-state index contributed by atoms with van der Waals surface area (Å²) in [5, 5.41) is 15.2. The molecule has 0 saturated heterocycles. The SMILES string of the molecule is CCc1nn(C)c(OC)c1CNc1ccc(C(N)=O)nn1. The second kappa shape index (κ2) is 6.21. The van der Waals surface area contributed by atoms with E-state index in [9.17, 15) is 4.79 Å². The summed E-state index contributed by atoms with van der Waals surface area (Å²) >= 11 is 0. The van der Waals surface area contributed by atoms with E-state index in [4.69, 9.17) is 10.5 Å². The number of hydrogen-bond donors (Lipinski definition) is 2. The average molecular weight is 290 g/mol. The summed E-state index contributed by atoms with van der Waals surface area (Å²) in [4.78, 5) is 10.9. The van der Waals surface area contributed by atoms with Gasteiger partial charge in [-0.3, -0.25) is 4.79 Å². The van der Waals surface area contributed by atoms with Crippen LogP contribution in [-0.2, 0) is 20.0 Å². The third kappa shape index (κ3) is 3.10. The van der Waals surface area contributed by atoms with Gasteiger partial charge in [0, 0.05) is 13.6 Å². The molecule has 8 heteroatoms. The lowest BCUT2D eigenvalue weighted by molar-refractivity contribution is 0.0994. The van der Waals surface area contributed by atoms with E-state index >= 15 is 0 Å². The highest BCUT2D eigenvalue weighted by Crippen LogP contribution is 2.22. The van der Waals surface area contributed by atoms with E-state index in [1.165, 1.54) is 6.07 Å². The first kappa shape index (κ1) is 14.8. The predicted molar refractivity (Wildman–Crippen MR) is 77.0 cm³/mol. The highest BCUT2D eigenvalue weighted by atomic mass is 16.5. The molecule has 0 atom stereocenters. The maximum Gasteiger partial charge on any atom is 0.269 e. The number of carbonyl (C=O) groups excluding carboxylic acids is 1. The molecule has 2 rings (SSSR count). The molecule has 0 aliphatic heterocycles. The maximum atomic E-state index is 10.9. The number of nitrogens with two attached hydrogens (primary N) is 1. The second-order valence-corrected chi connectivity index (χ2v) is 4.43. The van der Waals surface area contributed by atoms with Gasteiger partial charge in [0.1, 0.15) is 5.82 Å². The molecule has 0 spiro atoms. The highest BCUT2D eigenvalue weighted by molar-refractivity contribution is 5.90. The van der Waals surface area contributed by atoms with Gasteiger partial charge in [0.25, 0.3) is 5.91 Å². The summed E-state index contributed by atoms with van der Waals surface area (Å²) in [6.07, 6.45) is 0.806. The number of ether oxygens (including phenoxy) is 1. The third-order valence-corrected chi connectivity index (χ3v) is 3.06. The fourth-order valence-corrected chi connectivity index (χ4v) is 2.06. The van der Waals surface area contributed by atoms with E-state index in [2.05, 4.69) is 20.6 Å².